The molecule has 52 valence electrons. The van der Waals surface area contributed by atoms with Gasteiger partial charge in [0, 0.05) is 0 Å². The maximum atomic E-state index is 5.54. The van der Waals surface area contributed by atoms with Crippen molar-refractivity contribution in [1.82, 2.24) is 0 Å². The van der Waals surface area contributed by atoms with Gasteiger partial charge in [-0.3, -0.25) is 0 Å². The van der Waals surface area contributed by atoms with Gasteiger partial charge in [-0.1, -0.05) is 0 Å². The summed E-state index contributed by atoms with van der Waals surface area (Å²) in [4.78, 5) is 0. The predicted octanol–water partition coefficient (Wildman–Crippen LogP) is 2.88. The first kappa shape index (κ1) is 10.3. The van der Waals surface area contributed by atoms with Crippen molar-refractivity contribution < 1.29 is 0 Å². The molecule has 0 saturated carbocycles. The van der Waals surface area contributed by atoms with Crippen molar-refractivity contribution in [3.8, 4) is 11.8 Å². The first-order valence-electron chi connectivity index (χ1n) is 2.14. The summed E-state index contributed by atoms with van der Waals surface area (Å²) in [6, 6.07) is 0. The zero-order valence-corrected chi connectivity index (χ0v) is 9.55. The molecule has 0 bridgehead atoms. The van der Waals surface area contributed by atoms with Gasteiger partial charge in [-0.2, -0.15) is 0 Å². The van der Waals surface area contributed by atoms with Crippen LogP contribution in [-0.2, 0) is 0 Å². The molecule has 0 aliphatic heterocycles. The molecule has 0 N–H and O–H groups in total. The SMILES string of the molecule is ClCC#C[CH2][Ge]([Cl])([Cl])[Cl]. The monoisotopic (exact) mass is 266 g/mol. The molecular formula is C4H4Cl4Ge. The van der Waals surface area contributed by atoms with Crippen LogP contribution in [0, 0.1) is 11.8 Å². The van der Waals surface area contributed by atoms with Crippen LogP contribution >= 0.6 is 41.6 Å². The van der Waals surface area contributed by atoms with Crippen molar-refractivity contribution in [2.75, 3.05) is 5.88 Å². The minimum absolute atomic E-state index is 0.309. The van der Waals surface area contributed by atoms with Gasteiger partial charge in [-0.15, -0.1) is 0 Å². The van der Waals surface area contributed by atoms with E-state index < -0.39 is 10.5 Å². The van der Waals surface area contributed by atoms with Crippen LogP contribution in [-0.4, -0.2) is 16.4 Å². The molecule has 0 fully saturated rings. The molecule has 0 saturated heterocycles. The Morgan fingerprint density at radius 1 is 1.11 bits per heavy atom. The number of rotatable bonds is 1. The summed E-state index contributed by atoms with van der Waals surface area (Å²) < 4.78 is 0. The first-order chi connectivity index (χ1) is 4.06. The molecule has 0 amide bonds. The second-order valence-corrected chi connectivity index (χ2v) is 17.9. The van der Waals surface area contributed by atoms with E-state index in [1.165, 1.54) is 0 Å². The summed E-state index contributed by atoms with van der Waals surface area (Å²) >= 11 is 5.25. The number of halogens is 4. The van der Waals surface area contributed by atoms with Gasteiger partial charge < -0.3 is 0 Å². The molecule has 9 heavy (non-hydrogen) atoms. The van der Waals surface area contributed by atoms with Crippen molar-refractivity contribution in [3.63, 3.8) is 0 Å². The normalized spacial score (nSPS) is 10.2. The third-order valence-electron chi connectivity index (χ3n) is 0.481. The Hall–Kier alpha value is 1.26. The average Bonchev–Trinajstić information content (AvgIpc) is 1.63. The Balaban J connectivity index is 3.50. The zero-order valence-electron chi connectivity index (χ0n) is 4.43. The summed E-state index contributed by atoms with van der Waals surface area (Å²) in [7, 11) is 13.7. The molecule has 5 heteroatoms. The Morgan fingerprint density at radius 3 is 2.00 bits per heavy atom. The molecule has 0 aromatic heterocycles. The Kier molecular flexibility index (Phi) is 5.69. The van der Waals surface area contributed by atoms with Crippen molar-refractivity contribution in [3.05, 3.63) is 0 Å². The van der Waals surface area contributed by atoms with Gasteiger partial charge in [-0.05, 0) is 0 Å². The standard InChI is InChI=1S/C4H4Cl4Ge/c5-3-1-2-4-9(6,7)8/h3-4H2. The predicted molar refractivity (Wildman–Crippen MR) is 46.6 cm³/mol. The third-order valence-corrected chi connectivity index (χ3v) is 3.91. The van der Waals surface area contributed by atoms with E-state index in [1.807, 2.05) is 0 Å². The van der Waals surface area contributed by atoms with Gasteiger partial charge in [0.05, 0.1) is 0 Å². The van der Waals surface area contributed by atoms with Crippen LogP contribution in [0.3, 0.4) is 0 Å². The fourth-order valence-electron chi connectivity index (χ4n) is 0.210. The summed E-state index contributed by atoms with van der Waals surface area (Å²) in [6.45, 7) is 0. The quantitative estimate of drug-likeness (QED) is 0.389. The van der Waals surface area contributed by atoms with Gasteiger partial charge in [0.1, 0.15) is 0 Å². The van der Waals surface area contributed by atoms with E-state index in [1.54, 1.807) is 0 Å². The molecule has 0 radical (unpaired) electrons. The second-order valence-electron chi connectivity index (χ2n) is 1.28. The van der Waals surface area contributed by atoms with Crippen molar-refractivity contribution in [2.24, 2.45) is 0 Å². The van der Waals surface area contributed by atoms with E-state index in [-0.39, 0.29) is 0 Å². The summed E-state index contributed by atoms with van der Waals surface area (Å²) in [5.74, 6) is 5.60. The van der Waals surface area contributed by atoms with Gasteiger partial charge in [0.2, 0.25) is 0 Å². The molecule has 0 aliphatic carbocycles. The van der Waals surface area contributed by atoms with E-state index in [2.05, 4.69) is 11.8 Å². The van der Waals surface area contributed by atoms with Crippen LogP contribution in [0.5, 0.6) is 0 Å². The van der Waals surface area contributed by atoms with Crippen LogP contribution in [0.25, 0.3) is 0 Å². The second kappa shape index (κ2) is 4.99. The fraction of sp³-hybridized carbons (Fsp3) is 0.500. The van der Waals surface area contributed by atoms with Crippen molar-refractivity contribution in [2.45, 2.75) is 5.25 Å². The first-order valence-corrected chi connectivity index (χ1v) is 12.4. The van der Waals surface area contributed by atoms with Gasteiger partial charge in [0.15, 0.2) is 0 Å². The van der Waals surface area contributed by atoms with E-state index in [4.69, 9.17) is 41.6 Å². The Morgan fingerprint density at radius 2 is 1.67 bits per heavy atom. The summed E-state index contributed by atoms with van der Waals surface area (Å²) in [6.07, 6.45) is 0. The minimum atomic E-state index is -2.95. The molecule has 0 nitrogen and oxygen atoms in total. The number of hydrogen-bond acceptors (Lipinski definition) is 0. The van der Waals surface area contributed by atoms with Gasteiger partial charge in [-0.25, -0.2) is 0 Å². The molecule has 0 rings (SSSR count). The molecule has 0 spiro atoms. The van der Waals surface area contributed by atoms with E-state index in [9.17, 15) is 0 Å². The van der Waals surface area contributed by atoms with Crippen LogP contribution in [0.1, 0.15) is 0 Å². The Labute approximate surface area is 74.7 Å². The fourth-order valence-corrected chi connectivity index (χ4v) is 2.03. The topological polar surface area (TPSA) is 0 Å². The van der Waals surface area contributed by atoms with Gasteiger partial charge in [0.25, 0.3) is 0 Å². The Bertz CT molecular complexity index is 128. The zero-order chi connectivity index (χ0) is 7.33. The van der Waals surface area contributed by atoms with Crippen molar-refractivity contribution in [1.29, 1.82) is 0 Å². The summed E-state index contributed by atoms with van der Waals surface area (Å²) in [5, 5.41) is 0.414. The molecule has 0 heterocycles. The van der Waals surface area contributed by atoms with Crippen LogP contribution in [0.2, 0.25) is 5.25 Å². The molecule has 0 atom stereocenters. The number of alkyl halides is 1. The molecule has 0 aromatic rings. The third kappa shape index (κ3) is 9.26. The van der Waals surface area contributed by atoms with Crippen LogP contribution < -0.4 is 0 Å². The molecular weight excluding hydrogens is 262 g/mol. The average molecular weight is 266 g/mol. The van der Waals surface area contributed by atoms with Crippen molar-refractivity contribution >= 4 is 52.1 Å². The maximum absolute atomic E-state index is 5.54. The molecule has 0 aliphatic rings. The summed E-state index contributed by atoms with van der Waals surface area (Å²) in [5.41, 5.74) is 0. The van der Waals surface area contributed by atoms with E-state index in [0.717, 1.165) is 0 Å². The van der Waals surface area contributed by atoms with E-state index >= 15 is 0 Å². The van der Waals surface area contributed by atoms with Crippen LogP contribution in [0.4, 0.5) is 0 Å². The van der Waals surface area contributed by atoms with E-state index in [0.29, 0.717) is 11.1 Å². The number of hydrogen-bond donors (Lipinski definition) is 0. The molecule has 0 unspecified atom stereocenters. The van der Waals surface area contributed by atoms with Crippen LogP contribution in [0.15, 0.2) is 0 Å². The van der Waals surface area contributed by atoms with Gasteiger partial charge >= 0.3 is 75.1 Å². The molecule has 0 aromatic carbocycles.